The van der Waals surface area contributed by atoms with E-state index < -0.39 is 24.4 Å². The summed E-state index contributed by atoms with van der Waals surface area (Å²) < 4.78 is 49.6. The third kappa shape index (κ3) is 3.63. The second-order valence-electron chi connectivity index (χ2n) is 4.79. The standard InChI is InChI=1S/C13H14F3NO4/c1-17-7-8(4-5-10(17)18)12(19)21-11(13(14,15)16)9-3-2-6-20-9/h4-5,7,9,11H,2-3,6H2,1H3/t9-,11-/m1/s1. The summed E-state index contributed by atoms with van der Waals surface area (Å²) in [6, 6.07) is 2.22. The van der Waals surface area contributed by atoms with Crippen LogP contribution >= 0.6 is 0 Å². The number of esters is 1. The average molecular weight is 305 g/mol. The highest BCUT2D eigenvalue weighted by atomic mass is 19.4. The Kier molecular flexibility index (Phi) is 4.36. The first-order chi connectivity index (χ1) is 9.79. The van der Waals surface area contributed by atoms with Crippen molar-refractivity contribution < 1.29 is 27.4 Å². The van der Waals surface area contributed by atoms with Crippen LogP contribution in [0.1, 0.15) is 23.2 Å². The largest absolute Gasteiger partial charge is 0.446 e. The van der Waals surface area contributed by atoms with Crippen molar-refractivity contribution in [3.8, 4) is 0 Å². The Balaban J connectivity index is 2.17. The molecule has 8 heteroatoms. The SMILES string of the molecule is Cn1cc(C(=O)O[C@H]([C@H]2CCCO2)C(F)(F)F)ccc1=O. The highest BCUT2D eigenvalue weighted by Gasteiger charge is 2.49. The Labute approximate surface area is 118 Å². The number of rotatable bonds is 3. The van der Waals surface area contributed by atoms with E-state index in [0.29, 0.717) is 6.42 Å². The Morgan fingerprint density at radius 3 is 2.71 bits per heavy atom. The summed E-state index contributed by atoms with van der Waals surface area (Å²) in [6.07, 6.45) is -6.37. The number of alkyl halides is 3. The van der Waals surface area contributed by atoms with Crippen LogP contribution in [0.15, 0.2) is 23.1 Å². The normalized spacial score (nSPS) is 20.3. The van der Waals surface area contributed by atoms with Gasteiger partial charge in [-0.15, -0.1) is 0 Å². The zero-order valence-electron chi connectivity index (χ0n) is 11.2. The molecule has 2 atom stereocenters. The molecule has 1 aliphatic rings. The third-order valence-corrected chi connectivity index (χ3v) is 3.18. The van der Waals surface area contributed by atoms with E-state index >= 15 is 0 Å². The lowest BCUT2D eigenvalue weighted by Gasteiger charge is -2.25. The molecule has 0 bridgehead atoms. The second kappa shape index (κ2) is 5.88. The zero-order valence-corrected chi connectivity index (χ0v) is 11.2. The summed E-state index contributed by atoms with van der Waals surface area (Å²) >= 11 is 0. The van der Waals surface area contributed by atoms with Crippen molar-refractivity contribution in [2.45, 2.75) is 31.2 Å². The number of hydrogen-bond acceptors (Lipinski definition) is 4. The number of ether oxygens (including phenoxy) is 2. The summed E-state index contributed by atoms with van der Waals surface area (Å²) in [7, 11) is 1.39. The van der Waals surface area contributed by atoms with Crippen molar-refractivity contribution in [3.05, 3.63) is 34.2 Å². The van der Waals surface area contributed by atoms with Crippen molar-refractivity contribution in [1.82, 2.24) is 4.57 Å². The number of carbonyl (C=O) groups excluding carboxylic acids is 1. The highest BCUT2D eigenvalue weighted by Crippen LogP contribution is 2.31. The Hall–Kier alpha value is -1.83. The average Bonchev–Trinajstić information content (AvgIpc) is 2.91. The Bertz CT molecular complexity index is 576. The van der Waals surface area contributed by atoms with Gasteiger partial charge in [0.1, 0.15) is 6.10 Å². The molecule has 116 valence electrons. The van der Waals surface area contributed by atoms with Gasteiger partial charge in [0, 0.05) is 25.9 Å². The number of nitrogens with zero attached hydrogens (tertiary/aromatic N) is 1. The maximum Gasteiger partial charge on any atom is 0.428 e. The predicted molar refractivity (Wildman–Crippen MR) is 65.9 cm³/mol. The number of pyridine rings is 1. The molecule has 0 aliphatic carbocycles. The number of hydrogen-bond donors (Lipinski definition) is 0. The maximum atomic E-state index is 13.0. The van der Waals surface area contributed by atoms with E-state index in [4.69, 9.17) is 4.74 Å². The fraction of sp³-hybridized carbons (Fsp3) is 0.538. The first-order valence-electron chi connectivity index (χ1n) is 6.35. The van der Waals surface area contributed by atoms with Crippen molar-refractivity contribution in [3.63, 3.8) is 0 Å². The summed E-state index contributed by atoms with van der Waals surface area (Å²) in [6.45, 7) is 0.217. The molecule has 5 nitrogen and oxygen atoms in total. The molecule has 1 aromatic heterocycles. The Morgan fingerprint density at radius 1 is 1.48 bits per heavy atom. The smallest absolute Gasteiger partial charge is 0.428 e. The van der Waals surface area contributed by atoms with E-state index in [1.807, 2.05) is 0 Å². The number of carbonyl (C=O) groups is 1. The summed E-state index contributed by atoms with van der Waals surface area (Å²) in [4.78, 5) is 23.0. The van der Waals surface area contributed by atoms with E-state index in [1.165, 1.54) is 7.05 Å². The van der Waals surface area contributed by atoms with Gasteiger partial charge in [0.25, 0.3) is 0 Å². The molecule has 1 aliphatic heterocycles. The highest BCUT2D eigenvalue weighted by molar-refractivity contribution is 5.89. The van der Waals surface area contributed by atoms with Crippen LogP contribution in [0.5, 0.6) is 0 Å². The minimum atomic E-state index is -4.70. The van der Waals surface area contributed by atoms with Crippen molar-refractivity contribution in [2.75, 3.05) is 6.61 Å². The maximum absolute atomic E-state index is 13.0. The van der Waals surface area contributed by atoms with Gasteiger partial charge in [-0.1, -0.05) is 0 Å². The summed E-state index contributed by atoms with van der Waals surface area (Å²) in [5.41, 5.74) is -0.498. The van der Waals surface area contributed by atoms with Crippen molar-refractivity contribution >= 4 is 5.97 Å². The fourth-order valence-corrected chi connectivity index (χ4v) is 2.09. The molecule has 0 saturated carbocycles. The molecule has 1 fully saturated rings. The first kappa shape index (κ1) is 15.6. The van der Waals surface area contributed by atoms with Crippen LogP contribution < -0.4 is 5.56 Å². The van der Waals surface area contributed by atoms with Crippen LogP contribution in [0.25, 0.3) is 0 Å². The van der Waals surface area contributed by atoms with Gasteiger partial charge < -0.3 is 14.0 Å². The van der Waals surface area contributed by atoms with E-state index in [-0.39, 0.29) is 24.2 Å². The van der Waals surface area contributed by atoms with E-state index in [9.17, 15) is 22.8 Å². The molecule has 2 heterocycles. The van der Waals surface area contributed by atoms with Gasteiger partial charge >= 0.3 is 12.1 Å². The number of aryl methyl sites for hydroxylation is 1. The third-order valence-electron chi connectivity index (χ3n) is 3.18. The predicted octanol–water partition coefficient (Wildman–Crippen LogP) is 1.65. The molecule has 21 heavy (non-hydrogen) atoms. The monoisotopic (exact) mass is 305 g/mol. The topological polar surface area (TPSA) is 57.5 Å². The molecule has 2 rings (SSSR count). The van der Waals surface area contributed by atoms with Gasteiger partial charge in [-0.2, -0.15) is 13.2 Å². The molecule has 0 unspecified atom stereocenters. The van der Waals surface area contributed by atoms with Gasteiger partial charge in [0.05, 0.1) is 5.56 Å². The van der Waals surface area contributed by atoms with Gasteiger partial charge in [-0.05, 0) is 18.9 Å². The molecule has 1 aromatic rings. The van der Waals surface area contributed by atoms with Gasteiger partial charge in [0.2, 0.25) is 11.7 Å². The van der Waals surface area contributed by atoms with Crippen molar-refractivity contribution in [1.29, 1.82) is 0 Å². The minimum Gasteiger partial charge on any atom is -0.446 e. The van der Waals surface area contributed by atoms with Crippen LogP contribution in [-0.4, -0.2) is 35.5 Å². The molecule has 0 aromatic carbocycles. The van der Waals surface area contributed by atoms with E-state index in [2.05, 4.69) is 4.74 Å². The van der Waals surface area contributed by atoms with Gasteiger partial charge in [-0.3, -0.25) is 4.79 Å². The van der Waals surface area contributed by atoms with Crippen LogP contribution in [0.3, 0.4) is 0 Å². The van der Waals surface area contributed by atoms with Crippen LogP contribution in [0.4, 0.5) is 13.2 Å². The lowest BCUT2D eigenvalue weighted by Crippen LogP contribution is -2.43. The molecule has 0 spiro atoms. The first-order valence-corrected chi connectivity index (χ1v) is 6.35. The van der Waals surface area contributed by atoms with Crippen LogP contribution in [-0.2, 0) is 16.5 Å². The van der Waals surface area contributed by atoms with Gasteiger partial charge in [-0.25, -0.2) is 4.79 Å². The molecular formula is C13H14F3NO4. The molecule has 0 N–H and O–H groups in total. The molecule has 1 saturated heterocycles. The lowest BCUT2D eigenvalue weighted by molar-refractivity contribution is -0.230. The lowest BCUT2D eigenvalue weighted by atomic mass is 10.1. The van der Waals surface area contributed by atoms with Gasteiger partial charge in [0.15, 0.2) is 0 Å². The van der Waals surface area contributed by atoms with Crippen LogP contribution in [0.2, 0.25) is 0 Å². The summed E-state index contributed by atoms with van der Waals surface area (Å²) in [5.74, 6) is -1.14. The second-order valence-corrected chi connectivity index (χ2v) is 4.79. The molecule has 0 amide bonds. The quantitative estimate of drug-likeness (QED) is 0.797. The molecule has 0 radical (unpaired) electrons. The number of aromatic nitrogens is 1. The Morgan fingerprint density at radius 2 is 2.19 bits per heavy atom. The fourth-order valence-electron chi connectivity index (χ4n) is 2.09. The van der Waals surface area contributed by atoms with Crippen molar-refractivity contribution in [2.24, 2.45) is 7.05 Å². The zero-order chi connectivity index (χ0) is 15.6. The summed E-state index contributed by atoms with van der Waals surface area (Å²) in [5, 5.41) is 0. The van der Waals surface area contributed by atoms with E-state index in [1.54, 1.807) is 0 Å². The minimum absolute atomic E-state index is 0.121. The number of halogens is 3. The van der Waals surface area contributed by atoms with E-state index in [0.717, 1.165) is 22.9 Å². The molecular weight excluding hydrogens is 291 g/mol. The van der Waals surface area contributed by atoms with Crippen LogP contribution in [0, 0.1) is 0 Å².